The number of aromatic nitrogens is 1. The van der Waals surface area contributed by atoms with Gasteiger partial charge in [0, 0.05) is 24.4 Å². The van der Waals surface area contributed by atoms with Crippen LogP contribution >= 0.6 is 0 Å². The van der Waals surface area contributed by atoms with E-state index in [2.05, 4.69) is 21.6 Å². The van der Waals surface area contributed by atoms with Gasteiger partial charge in [-0.05, 0) is 31.1 Å². The average Bonchev–Trinajstić information content (AvgIpc) is 2.58. The van der Waals surface area contributed by atoms with E-state index in [1.54, 1.807) is 30.6 Å². The number of aliphatic hydroxyl groups excluding tert-OH is 2. The number of rotatable bonds is 7. The summed E-state index contributed by atoms with van der Waals surface area (Å²) in [6.07, 6.45) is 8.90. The minimum atomic E-state index is -0.981. The van der Waals surface area contributed by atoms with Crippen molar-refractivity contribution < 1.29 is 19.7 Å². The van der Waals surface area contributed by atoms with E-state index >= 15 is 0 Å². The van der Waals surface area contributed by atoms with Gasteiger partial charge in [-0.15, -0.1) is 0 Å². The molecule has 1 heterocycles. The number of allylic oxidation sites excluding steroid dienone is 3. The number of ether oxygens (including phenoxy) is 1. The first-order chi connectivity index (χ1) is 11.1. The van der Waals surface area contributed by atoms with Crippen LogP contribution in [-0.2, 0) is 9.53 Å². The van der Waals surface area contributed by atoms with Crippen LogP contribution in [-0.4, -0.2) is 40.5 Å². The van der Waals surface area contributed by atoms with Gasteiger partial charge in [-0.1, -0.05) is 30.1 Å². The second-order valence-corrected chi connectivity index (χ2v) is 4.78. The molecule has 0 aliphatic rings. The molecule has 1 aromatic heterocycles. The first-order valence-electron chi connectivity index (χ1n) is 7.31. The summed E-state index contributed by atoms with van der Waals surface area (Å²) in [5, 5.41) is 19.5. The van der Waals surface area contributed by atoms with Gasteiger partial charge in [0.2, 0.25) is 0 Å². The fourth-order valence-corrected chi connectivity index (χ4v) is 1.70. The zero-order valence-corrected chi connectivity index (χ0v) is 13.1. The van der Waals surface area contributed by atoms with Gasteiger partial charge in [-0.3, -0.25) is 9.78 Å². The number of esters is 1. The van der Waals surface area contributed by atoms with Gasteiger partial charge in [0.25, 0.3) is 0 Å². The van der Waals surface area contributed by atoms with Crippen molar-refractivity contribution in [3.63, 3.8) is 0 Å². The quantitative estimate of drug-likeness (QED) is 0.454. The van der Waals surface area contributed by atoms with Crippen molar-refractivity contribution in [2.75, 3.05) is 7.11 Å². The van der Waals surface area contributed by atoms with Crippen LogP contribution in [0.25, 0.3) is 0 Å². The number of pyridine rings is 1. The van der Waals surface area contributed by atoms with Gasteiger partial charge in [0.1, 0.15) is 0 Å². The van der Waals surface area contributed by atoms with E-state index in [4.69, 9.17) is 0 Å². The molecule has 5 nitrogen and oxygen atoms in total. The number of hydrogen-bond acceptors (Lipinski definition) is 5. The molecule has 2 N–H and O–H groups in total. The van der Waals surface area contributed by atoms with Gasteiger partial charge < -0.3 is 14.9 Å². The van der Waals surface area contributed by atoms with E-state index < -0.39 is 12.2 Å². The van der Waals surface area contributed by atoms with E-state index in [0.717, 1.165) is 5.56 Å². The minimum absolute atomic E-state index is 0.231. The lowest BCUT2D eigenvalue weighted by Gasteiger charge is -2.13. The summed E-state index contributed by atoms with van der Waals surface area (Å²) in [5.41, 5.74) is 0.870. The summed E-state index contributed by atoms with van der Waals surface area (Å²) in [6.45, 7) is 0. The van der Waals surface area contributed by atoms with Crippen molar-refractivity contribution in [1.82, 2.24) is 4.98 Å². The van der Waals surface area contributed by atoms with E-state index in [0.29, 0.717) is 12.8 Å². The molecule has 0 spiro atoms. The third kappa shape index (κ3) is 8.57. The van der Waals surface area contributed by atoms with Crippen LogP contribution in [0.3, 0.4) is 0 Å². The van der Waals surface area contributed by atoms with Gasteiger partial charge in [-0.2, -0.15) is 0 Å². The summed E-state index contributed by atoms with van der Waals surface area (Å²) in [6, 6.07) is 3.62. The summed E-state index contributed by atoms with van der Waals surface area (Å²) in [5.74, 6) is 5.46. The largest absolute Gasteiger partial charge is 0.469 e. The average molecular weight is 315 g/mol. The van der Waals surface area contributed by atoms with Crippen molar-refractivity contribution in [2.45, 2.75) is 31.5 Å². The highest BCUT2D eigenvalue weighted by atomic mass is 16.5. The molecule has 0 amide bonds. The molecule has 5 heteroatoms. The predicted molar refractivity (Wildman–Crippen MR) is 87.3 cm³/mol. The van der Waals surface area contributed by atoms with Crippen LogP contribution < -0.4 is 0 Å². The maximum absolute atomic E-state index is 10.9. The number of hydrogen-bond donors (Lipinski definition) is 2. The SMILES string of the molecule is COC(=O)CCC[C@H](O)[C@H](O)/C=C/C=C/C#Cc1ccncc1. The maximum Gasteiger partial charge on any atom is 0.305 e. The van der Waals surface area contributed by atoms with Gasteiger partial charge in [0.15, 0.2) is 0 Å². The van der Waals surface area contributed by atoms with Crippen molar-refractivity contribution in [3.05, 3.63) is 54.4 Å². The van der Waals surface area contributed by atoms with Crippen LogP contribution in [0, 0.1) is 11.8 Å². The number of methoxy groups -OCH3 is 1. The van der Waals surface area contributed by atoms with Crippen LogP contribution in [0.2, 0.25) is 0 Å². The second kappa shape index (κ2) is 11.2. The monoisotopic (exact) mass is 315 g/mol. The van der Waals surface area contributed by atoms with Crippen molar-refractivity contribution in [3.8, 4) is 11.8 Å². The second-order valence-electron chi connectivity index (χ2n) is 4.78. The molecular weight excluding hydrogens is 294 g/mol. The number of carbonyl (C=O) groups excluding carboxylic acids is 1. The summed E-state index contributed by atoms with van der Waals surface area (Å²) < 4.78 is 4.50. The predicted octanol–water partition coefficient (Wildman–Crippen LogP) is 1.61. The zero-order valence-electron chi connectivity index (χ0n) is 13.1. The first-order valence-corrected chi connectivity index (χ1v) is 7.31. The highest BCUT2D eigenvalue weighted by Gasteiger charge is 2.13. The number of carbonyl (C=O) groups is 1. The Bertz CT molecular complexity index is 584. The summed E-state index contributed by atoms with van der Waals surface area (Å²) in [7, 11) is 1.32. The van der Waals surface area contributed by atoms with Crippen molar-refractivity contribution >= 4 is 5.97 Å². The van der Waals surface area contributed by atoms with Crippen molar-refractivity contribution in [2.24, 2.45) is 0 Å². The number of nitrogens with zero attached hydrogens (tertiary/aromatic N) is 1. The molecule has 1 rings (SSSR count). The molecule has 1 aromatic rings. The lowest BCUT2D eigenvalue weighted by molar-refractivity contribution is -0.140. The highest BCUT2D eigenvalue weighted by Crippen LogP contribution is 2.07. The lowest BCUT2D eigenvalue weighted by Crippen LogP contribution is -2.23. The summed E-state index contributed by atoms with van der Waals surface area (Å²) in [4.78, 5) is 14.8. The molecule has 2 atom stereocenters. The van der Waals surface area contributed by atoms with Gasteiger partial charge in [0.05, 0.1) is 19.3 Å². The minimum Gasteiger partial charge on any atom is -0.469 e. The summed E-state index contributed by atoms with van der Waals surface area (Å²) >= 11 is 0. The Labute approximate surface area is 136 Å². The van der Waals surface area contributed by atoms with Crippen LogP contribution in [0.1, 0.15) is 24.8 Å². The molecule has 0 aliphatic carbocycles. The molecule has 23 heavy (non-hydrogen) atoms. The van der Waals surface area contributed by atoms with E-state index in [-0.39, 0.29) is 12.4 Å². The maximum atomic E-state index is 10.9. The molecule has 0 unspecified atom stereocenters. The topological polar surface area (TPSA) is 79.7 Å². The standard InChI is InChI=1S/C18H21NO4/c1-23-18(22)10-6-9-17(21)16(20)8-5-3-2-4-7-15-11-13-19-14-12-15/h2-3,5,8,11-14,16-17,20-21H,6,9-10H2,1H3/b3-2+,8-5+/t16-,17+/m1/s1. The Hall–Kier alpha value is -2.42. The molecule has 122 valence electrons. The molecular formula is C18H21NO4. The van der Waals surface area contributed by atoms with E-state index in [9.17, 15) is 15.0 Å². The van der Waals surface area contributed by atoms with Gasteiger partial charge in [-0.25, -0.2) is 0 Å². The van der Waals surface area contributed by atoms with Gasteiger partial charge >= 0.3 is 5.97 Å². The fourth-order valence-electron chi connectivity index (χ4n) is 1.70. The smallest absolute Gasteiger partial charge is 0.305 e. The highest BCUT2D eigenvalue weighted by molar-refractivity contribution is 5.68. The Balaban J connectivity index is 2.31. The third-order valence-electron chi connectivity index (χ3n) is 3.00. The molecule has 0 bridgehead atoms. The molecule has 0 radical (unpaired) electrons. The Morgan fingerprint density at radius 3 is 2.78 bits per heavy atom. The molecule has 0 fully saturated rings. The molecule has 0 aromatic carbocycles. The normalized spacial score (nSPS) is 13.5. The molecule has 0 aliphatic heterocycles. The third-order valence-corrected chi connectivity index (χ3v) is 3.00. The Kier molecular flexibility index (Phi) is 9.06. The zero-order chi connectivity index (χ0) is 16.9. The van der Waals surface area contributed by atoms with Crippen molar-refractivity contribution in [1.29, 1.82) is 0 Å². The fraction of sp³-hybridized carbons (Fsp3) is 0.333. The molecule has 0 saturated heterocycles. The van der Waals surface area contributed by atoms with E-state index in [1.165, 1.54) is 13.2 Å². The lowest BCUT2D eigenvalue weighted by atomic mass is 10.1. The number of aliphatic hydroxyl groups is 2. The molecule has 0 saturated carbocycles. The van der Waals surface area contributed by atoms with Crippen LogP contribution in [0.15, 0.2) is 48.8 Å². The Morgan fingerprint density at radius 1 is 1.35 bits per heavy atom. The first kappa shape index (κ1) is 18.6. The van der Waals surface area contributed by atoms with Crippen LogP contribution in [0.5, 0.6) is 0 Å². The van der Waals surface area contributed by atoms with Crippen LogP contribution in [0.4, 0.5) is 0 Å². The van der Waals surface area contributed by atoms with E-state index in [1.807, 2.05) is 12.1 Å². The Morgan fingerprint density at radius 2 is 2.09 bits per heavy atom.